The van der Waals surface area contributed by atoms with E-state index in [4.69, 9.17) is 0 Å². The number of unbranched alkanes of at least 4 members (excludes halogenated alkanes) is 19. The predicted octanol–water partition coefficient (Wildman–Crippen LogP) is 11.8. The molecule has 0 saturated heterocycles. The molecule has 3 N–H and O–H groups in total. The van der Waals surface area contributed by atoms with Crippen molar-refractivity contribution in [2.45, 2.75) is 193 Å². The molecule has 1 amide bonds. The van der Waals surface area contributed by atoms with Crippen LogP contribution in [0.25, 0.3) is 0 Å². The van der Waals surface area contributed by atoms with E-state index in [0.29, 0.717) is 6.42 Å². The third-order valence-electron chi connectivity index (χ3n) is 8.51. The van der Waals surface area contributed by atoms with Gasteiger partial charge in [0, 0.05) is 6.42 Å². The highest BCUT2D eigenvalue weighted by Gasteiger charge is 2.17. The predicted molar refractivity (Wildman–Crippen MR) is 202 cm³/mol. The van der Waals surface area contributed by atoms with Gasteiger partial charge >= 0.3 is 0 Å². The number of allylic oxidation sites excluding steroid dienone is 9. The van der Waals surface area contributed by atoms with Crippen LogP contribution in [0.1, 0.15) is 181 Å². The van der Waals surface area contributed by atoms with Gasteiger partial charge in [-0.2, -0.15) is 0 Å². The second kappa shape index (κ2) is 37.5. The molecule has 0 bridgehead atoms. The molecule has 0 aromatic rings. The molecule has 2 unspecified atom stereocenters. The summed E-state index contributed by atoms with van der Waals surface area (Å²) in [5, 5.41) is 22.7. The van der Waals surface area contributed by atoms with Crippen molar-refractivity contribution < 1.29 is 15.0 Å². The molecular formula is C42H75NO3. The number of aliphatic hydroxyl groups is 2. The molecule has 0 aliphatic heterocycles. The number of hydrogen-bond acceptors (Lipinski definition) is 3. The van der Waals surface area contributed by atoms with Crippen LogP contribution in [0.2, 0.25) is 0 Å². The topological polar surface area (TPSA) is 69.6 Å². The molecule has 0 aromatic carbocycles. The molecule has 266 valence electrons. The molecule has 0 aromatic heterocycles. The zero-order chi connectivity index (χ0) is 33.6. The Morgan fingerprint density at radius 2 is 0.957 bits per heavy atom. The van der Waals surface area contributed by atoms with Crippen LogP contribution in [-0.2, 0) is 4.79 Å². The van der Waals surface area contributed by atoms with E-state index in [1.54, 1.807) is 6.08 Å². The van der Waals surface area contributed by atoms with Crippen molar-refractivity contribution >= 4 is 5.91 Å². The summed E-state index contributed by atoms with van der Waals surface area (Å²) in [7, 11) is 0. The van der Waals surface area contributed by atoms with Crippen LogP contribution in [0.4, 0.5) is 0 Å². The highest BCUT2D eigenvalue weighted by atomic mass is 16.3. The van der Waals surface area contributed by atoms with Gasteiger partial charge in [-0.1, -0.05) is 177 Å². The minimum Gasteiger partial charge on any atom is -0.394 e. The lowest BCUT2D eigenvalue weighted by Gasteiger charge is -2.20. The number of hydrogen-bond donors (Lipinski definition) is 3. The third kappa shape index (κ3) is 33.5. The third-order valence-corrected chi connectivity index (χ3v) is 8.51. The van der Waals surface area contributed by atoms with Gasteiger partial charge in [0.05, 0.1) is 18.8 Å². The minimum atomic E-state index is -0.836. The monoisotopic (exact) mass is 642 g/mol. The molecule has 0 saturated carbocycles. The summed E-state index contributed by atoms with van der Waals surface area (Å²) in [6.45, 7) is 4.13. The van der Waals surface area contributed by atoms with Crippen molar-refractivity contribution in [3.05, 3.63) is 60.8 Å². The van der Waals surface area contributed by atoms with Gasteiger partial charge in [0.1, 0.15) is 0 Å². The average molecular weight is 642 g/mol. The quantitative estimate of drug-likeness (QED) is 0.0483. The molecule has 0 spiro atoms. The highest BCUT2D eigenvalue weighted by Crippen LogP contribution is 2.14. The zero-order valence-electron chi connectivity index (χ0n) is 30.3. The molecule has 0 fully saturated rings. The summed E-state index contributed by atoms with van der Waals surface area (Å²) in [6.07, 6.45) is 51.9. The van der Waals surface area contributed by atoms with E-state index in [1.165, 1.54) is 109 Å². The van der Waals surface area contributed by atoms with Gasteiger partial charge < -0.3 is 15.5 Å². The second-order valence-electron chi connectivity index (χ2n) is 13.0. The fourth-order valence-electron chi connectivity index (χ4n) is 5.52. The standard InChI is InChI=1S/C42H75NO3/c1-3-5-7-9-11-12-13-14-15-16-17-18-19-20-21-22-23-24-25-26-27-28-29-30-32-34-36-38-42(46)43-40(39-44)41(45)37-35-33-31-10-8-6-4-2/h5,7,11-12,14-15,17-18,35,37,40-41,44-45H,3-4,6,8-10,13,16,19-34,36,38-39H2,1-2H3,(H,43,46)/b7-5-,12-11-,15-14-,18-17-,37-35+. The maximum absolute atomic E-state index is 12.3. The smallest absolute Gasteiger partial charge is 0.220 e. The van der Waals surface area contributed by atoms with Crippen molar-refractivity contribution in [3.8, 4) is 0 Å². The molecule has 2 atom stereocenters. The summed E-state index contributed by atoms with van der Waals surface area (Å²) in [5.41, 5.74) is 0. The van der Waals surface area contributed by atoms with Crippen molar-refractivity contribution in [1.29, 1.82) is 0 Å². The molecule has 4 nitrogen and oxygen atoms in total. The average Bonchev–Trinajstić information content (AvgIpc) is 3.06. The largest absolute Gasteiger partial charge is 0.394 e. The Balaban J connectivity index is 3.49. The molecule has 0 rings (SSSR count). The Kier molecular flexibility index (Phi) is 36.0. The fourth-order valence-corrected chi connectivity index (χ4v) is 5.52. The molecule has 0 aliphatic rings. The number of aliphatic hydroxyl groups excluding tert-OH is 2. The number of carbonyl (C=O) groups excluding carboxylic acids is 1. The van der Waals surface area contributed by atoms with Crippen LogP contribution < -0.4 is 5.32 Å². The number of carbonyl (C=O) groups is 1. The van der Waals surface area contributed by atoms with Crippen LogP contribution in [0.15, 0.2) is 60.8 Å². The first kappa shape index (κ1) is 44.1. The first-order chi connectivity index (χ1) is 22.7. The van der Waals surface area contributed by atoms with Crippen molar-refractivity contribution in [1.82, 2.24) is 5.32 Å². The van der Waals surface area contributed by atoms with Crippen molar-refractivity contribution in [2.75, 3.05) is 6.61 Å². The fraction of sp³-hybridized carbons (Fsp3) is 0.738. The van der Waals surface area contributed by atoms with Crippen LogP contribution in [0, 0.1) is 0 Å². The second-order valence-corrected chi connectivity index (χ2v) is 13.0. The van der Waals surface area contributed by atoms with Gasteiger partial charge in [-0.3, -0.25) is 4.79 Å². The van der Waals surface area contributed by atoms with E-state index in [9.17, 15) is 15.0 Å². The number of nitrogens with one attached hydrogen (secondary N) is 1. The summed E-state index contributed by atoms with van der Waals surface area (Å²) in [4.78, 5) is 12.3. The summed E-state index contributed by atoms with van der Waals surface area (Å²) >= 11 is 0. The normalized spacial score (nSPS) is 13.7. The molecule has 4 heteroatoms. The number of rotatable bonds is 34. The Bertz CT molecular complexity index is 782. The summed E-state index contributed by atoms with van der Waals surface area (Å²) < 4.78 is 0. The van der Waals surface area contributed by atoms with E-state index < -0.39 is 12.1 Å². The van der Waals surface area contributed by atoms with Gasteiger partial charge in [0.2, 0.25) is 5.91 Å². The lowest BCUT2D eigenvalue weighted by molar-refractivity contribution is -0.123. The van der Waals surface area contributed by atoms with E-state index in [2.05, 4.69) is 67.8 Å². The summed E-state index contributed by atoms with van der Waals surface area (Å²) in [5.74, 6) is -0.0723. The zero-order valence-corrected chi connectivity index (χ0v) is 30.3. The van der Waals surface area contributed by atoms with Gasteiger partial charge in [0.25, 0.3) is 0 Å². The maximum atomic E-state index is 12.3. The van der Waals surface area contributed by atoms with Gasteiger partial charge in [-0.15, -0.1) is 0 Å². The highest BCUT2D eigenvalue weighted by molar-refractivity contribution is 5.76. The maximum Gasteiger partial charge on any atom is 0.220 e. The van der Waals surface area contributed by atoms with Gasteiger partial charge in [0.15, 0.2) is 0 Å². The lowest BCUT2D eigenvalue weighted by atomic mass is 10.0. The number of amides is 1. The van der Waals surface area contributed by atoms with E-state index in [-0.39, 0.29) is 12.5 Å². The van der Waals surface area contributed by atoms with Crippen LogP contribution in [-0.4, -0.2) is 34.9 Å². The Morgan fingerprint density at radius 3 is 1.43 bits per heavy atom. The van der Waals surface area contributed by atoms with Crippen LogP contribution in [0.3, 0.4) is 0 Å². The van der Waals surface area contributed by atoms with Crippen molar-refractivity contribution in [3.63, 3.8) is 0 Å². The first-order valence-electron chi connectivity index (χ1n) is 19.5. The van der Waals surface area contributed by atoms with Gasteiger partial charge in [-0.05, 0) is 57.8 Å². The molecule has 0 heterocycles. The molecular weight excluding hydrogens is 566 g/mol. The van der Waals surface area contributed by atoms with E-state index >= 15 is 0 Å². The van der Waals surface area contributed by atoms with Crippen LogP contribution >= 0.6 is 0 Å². The first-order valence-corrected chi connectivity index (χ1v) is 19.5. The lowest BCUT2D eigenvalue weighted by Crippen LogP contribution is -2.45. The Hall–Kier alpha value is -1.91. The molecule has 0 radical (unpaired) electrons. The van der Waals surface area contributed by atoms with E-state index in [1.807, 2.05) is 6.08 Å². The van der Waals surface area contributed by atoms with Crippen molar-refractivity contribution in [2.24, 2.45) is 0 Å². The molecule has 46 heavy (non-hydrogen) atoms. The van der Waals surface area contributed by atoms with Crippen LogP contribution in [0.5, 0.6) is 0 Å². The minimum absolute atomic E-state index is 0.0723. The summed E-state index contributed by atoms with van der Waals surface area (Å²) in [6, 6.07) is -0.620. The Labute approximate surface area is 286 Å². The van der Waals surface area contributed by atoms with Gasteiger partial charge in [-0.25, -0.2) is 0 Å². The van der Waals surface area contributed by atoms with E-state index in [0.717, 1.165) is 51.4 Å². The molecule has 0 aliphatic carbocycles. The Morgan fingerprint density at radius 1 is 0.543 bits per heavy atom. The SMILES string of the molecule is CC/C=C\C/C=C\C/C=C\C/C=C\CCCCCCCCCCCCCCCCC(=O)NC(CO)C(O)/C=C/CCCCCCC.